The molecule has 3 amide bonds. The van der Waals surface area contributed by atoms with Crippen molar-refractivity contribution in [2.24, 2.45) is 5.92 Å². The summed E-state index contributed by atoms with van der Waals surface area (Å²) in [4.78, 5) is 40.3. The van der Waals surface area contributed by atoms with E-state index in [4.69, 9.17) is 0 Å². The Labute approximate surface area is 155 Å². The van der Waals surface area contributed by atoms with E-state index in [9.17, 15) is 14.4 Å². The third kappa shape index (κ3) is 4.84. The zero-order valence-electron chi connectivity index (χ0n) is 16.0. The van der Waals surface area contributed by atoms with E-state index in [1.165, 1.54) is 0 Å². The Kier molecular flexibility index (Phi) is 7.18. The molecule has 1 aromatic carbocycles. The number of benzene rings is 1. The fourth-order valence-electron chi connectivity index (χ4n) is 3.15. The van der Waals surface area contributed by atoms with Crippen LogP contribution in [0.25, 0.3) is 0 Å². The minimum Gasteiger partial charge on any atom is -0.342 e. The predicted octanol–water partition coefficient (Wildman–Crippen LogP) is 2.76. The first-order valence-corrected chi connectivity index (χ1v) is 9.48. The van der Waals surface area contributed by atoms with Crippen molar-refractivity contribution in [3.05, 3.63) is 29.8 Å². The highest BCUT2D eigenvalue weighted by Gasteiger charge is 2.33. The number of anilines is 1. The van der Waals surface area contributed by atoms with Gasteiger partial charge in [0.05, 0.1) is 5.92 Å². The van der Waals surface area contributed by atoms with Crippen LogP contribution in [0.15, 0.2) is 24.3 Å². The number of unbranched alkanes of at least 4 members (excludes halogenated alkanes) is 1. The summed E-state index contributed by atoms with van der Waals surface area (Å²) < 4.78 is 0. The van der Waals surface area contributed by atoms with Crippen LogP contribution in [-0.4, -0.2) is 53.7 Å². The fourth-order valence-corrected chi connectivity index (χ4v) is 3.15. The molecule has 142 valence electrons. The van der Waals surface area contributed by atoms with E-state index in [-0.39, 0.29) is 30.1 Å². The number of carbonyl (C=O) groups excluding carboxylic acids is 3. The van der Waals surface area contributed by atoms with Gasteiger partial charge in [0.2, 0.25) is 11.8 Å². The Morgan fingerprint density at radius 3 is 2.38 bits per heavy atom. The molecule has 6 heteroatoms. The molecule has 6 nitrogen and oxygen atoms in total. The first-order chi connectivity index (χ1) is 12.5. The van der Waals surface area contributed by atoms with Gasteiger partial charge in [0.1, 0.15) is 0 Å². The second kappa shape index (κ2) is 9.36. The van der Waals surface area contributed by atoms with Crippen LogP contribution >= 0.6 is 0 Å². The highest BCUT2D eigenvalue weighted by molar-refractivity contribution is 5.98. The lowest BCUT2D eigenvalue weighted by molar-refractivity contribution is -0.128. The molecule has 1 aliphatic rings. The van der Waals surface area contributed by atoms with E-state index in [1.807, 2.05) is 13.8 Å². The molecule has 1 saturated heterocycles. The first kappa shape index (κ1) is 19.9. The molecule has 0 bridgehead atoms. The Morgan fingerprint density at radius 1 is 1.15 bits per heavy atom. The second-order valence-corrected chi connectivity index (χ2v) is 6.64. The number of likely N-dealkylation sites (tertiary alicyclic amines) is 1. The van der Waals surface area contributed by atoms with Gasteiger partial charge in [-0.05, 0) is 44.5 Å². The van der Waals surface area contributed by atoms with E-state index < -0.39 is 0 Å². The maximum atomic E-state index is 12.4. The van der Waals surface area contributed by atoms with Crippen molar-refractivity contribution in [1.82, 2.24) is 9.80 Å². The highest BCUT2D eigenvalue weighted by Crippen LogP contribution is 2.21. The molecule has 1 heterocycles. The van der Waals surface area contributed by atoms with E-state index >= 15 is 0 Å². The third-order valence-electron chi connectivity index (χ3n) is 4.82. The van der Waals surface area contributed by atoms with Crippen molar-refractivity contribution in [3.63, 3.8) is 0 Å². The van der Waals surface area contributed by atoms with Crippen molar-refractivity contribution < 1.29 is 14.4 Å². The van der Waals surface area contributed by atoms with Crippen LogP contribution in [0.3, 0.4) is 0 Å². The normalized spacial score (nSPS) is 16.7. The van der Waals surface area contributed by atoms with Gasteiger partial charge < -0.3 is 15.1 Å². The van der Waals surface area contributed by atoms with Gasteiger partial charge in [0.15, 0.2) is 0 Å². The zero-order valence-corrected chi connectivity index (χ0v) is 16.0. The molecule has 1 N–H and O–H groups in total. The van der Waals surface area contributed by atoms with Gasteiger partial charge in [-0.1, -0.05) is 13.3 Å². The number of amides is 3. The largest absolute Gasteiger partial charge is 0.342 e. The van der Waals surface area contributed by atoms with Crippen LogP contribution in [0.1, 0.15) is 50.4 Å². The van der Waals surface area contributed by atoms with Crippen molar-refractivity contribution in [3.8, 4) is 0 Å². The van der Waals surface area contributed by atoms with Gasteiger partial charge in [0.25, 0.3) is 5.91 Å². The van der Waals surface area contributed by atoms with Crippen LogP contribution in [0.4, 0.5) is 5.69 Å². The molecule has 2 rings (SSSR count). The monoisotopic (exact) mass is 359 g/mol. The van der Waals surface area contributed by atoms with Crippen molar-refractivity contribution in [2.45, 2.75) is 40.0 Å². The van der Waals surface area contributed by atoms with Crippen molar-refractivity contribution in [1.29, 1.82) is 0 Å². The summed E-state index contributed by atoms with van der Waals surface area (Å²) in [5.41, 5.74) is 1.25. The number of nitrogens with zero attached hydrogens (tertiary/aromatic N) is 2. The number of nitrogens with one attached hydrogen (secondary N) is 1. The smallest absolute Gasteiger partial charge is 0.253 e. The summed E-state index contributed by atoms with van der Waals surface area (Å²) in [5.74, 6) is -0.406. The van der Waals surface area contributed by atoms with Crippen LogP contribution in [0.2, 0.25) is 0 Å². The lowest BCUT2D eigenvalue weighted by Crippen LogP contribution is -2.30. The molecule has 0 aliphatic carbocycles. The molecule has 0 aromatic heterocycles. The average Bonchev–Trinajstić information content (AvgIpc) is 3.02. The highest BCUT2D eigenvalue weighted by atomic mass is 16.2. The maximum absolute atomic E-state index is 12.4. The molecule has 1 fully saturated rings. The minimum absolute atomic E-state index is 0.0131. The Morgan fingerprint density at radius 2 is 1.81 bits per heavy atom. The molecule has 1 unspecified atom stereocenters. The molecule has 0 radical (unpaired) electrons. The Balaban J connectivity index is 1.93. The van der Waals surface area contributed by atoms with Crippen LogP contribution in [0, 0.1) is 5.92 Å². The summed E-state index contributed by atoms with van der Waals surface area (Å²) in [7, 11) is 0. The molecule has 1 aliphatic heterocycles. The molecule has 26 heavy (non-hydrogen) atoms. The quantitative estimate of drug-likeness (QED) is 0.776. The zero-order chi connectivity index (χ0) is 19.1. The van der Waals surface area contributed by atoms with Crippen LogP contribution in [-0.2, 0) is 9.59 Å². The van der Waals surface area contributed by atoms with Gasteiger partial charge >= 0.3 is 0 Å². The van der Waals surface area contributed by atoms with Gasteiger partial charge in [0, 0.05) is 43.9 Å². The molecule has 0 saturated carbocycles. The molecule has 1 atom stereocenters. The lowest BCUT2D eigenvalue weighted by atomic mass is 10.1. The van der Waals surface area contributed by atoms with Gasteiger partial charge in [-0.2, -0.15) is 0 Å². The Bertz CT molecular complexity index is 638. The summed E-state index contributed by atoms with van der Waals surface area (Å²) in [5, 5.41) is 2.86. The lowest BCUT2D eigenvalue weighted by Gasteiger charge is -2.19. The number of rotatable bonds is 8. The van der Waals surface area contributed by atoms with E-state index in [1.54, 1.807) is 34.1 Å². The number of hydrogen-bond acceptors (Lipinski definition) is 3. The first-order valence-electron chi connectivity index (χ1n) is 9.48. The molecule has 0 spiro atoms. The van der Waals surface area contributed by atoms with Gasteiger partial charge in [-0.25, -0.2) is 0 Å². The Hall–Kier alpha value is -2.37. The summed E-state index contributed by atoms with van der Waals surface area (Å²) in [6.45, 7) is 8.52. The third-order valence-corrected chi connectivity index (χ3v) is 4.82. The van der Waals surface area contributed by atoms with E-state index in [0.29, 0.717) is 30.9 Å². The standard InChI is InChI=1S/C20H29N3O3/c1-4-7-12-23-14-16(13-18(23)24)19(25)21-17-10-8-15(9-11-17)20(26)22(5-2)6-3/h8-11,16H,4-7,12-14H2,1-3H3,(H,21,25). The van der Waals surface area contributed by atoms with Gasteiger partial charge in [-0.15, -0.1) is 0 Å². The van der Waals surface area contributed by atoms with Crippen LogP contribution < -0.4 is 5.32 Å². The molecular weight excluding hydrogens is 330 g/mol. The van der Waals surface area contributed by atoms with Gasteiger partial charge in [-0.3, -0.25) is 14.4 Å². The summed E-state index contributed by atoms with van der Waals surface area (Å²) in [6.07, 6.45) is 2.26. The van der Waals surface area contributed by atoms with E-state index in [2.05, 4.69) is 12.2 Å². The summed E-state index contributed by atoms with van der Waals surface area (Å²) >= 11 is 0. The van der Waals surface area contributed by atoms with Crippen molar-refractivity contribution >= 4 is 23.4 Å². The number of carbonyl (C=O) groups is 3. The topological polar surface area (TPSA) is 69.7 Å². The second-order valence-electron chi connectivity index (χ2n) is 6.64. The fraction of sp³-hybridized carbons (Fsp3) is 0.550. The van der Waals surface area contributed by atoms with E-state index in [0.717, 1.165) is 19.4 Å². The van der Waals surface area contributed by atoms with Crippen LogP contribution in [0.5, 0.6) is 0 Å². The predicted molar refractivity (Wildman–Crippen MR) is 102 cm³/mol. The minimum atomic E-state index is -0.309. The SMILES string of the molecule is CCCCN1CC(C(=O)Nc2ccc(C(=O)N(CC)CC)cc2)CC1=O. The molecule has 1 aromatic rings. The average molecular weight is 359 g/mol. The molecular formula is C20H29N3O3. The number of hydrogen-bond donors (Lipinski definition) is 1. The summed E-state index contributed by atoms with van der Waals surface area (Å²) in [6, 6.07) is 6.92. The van der Waals surface area contributed by atoms with Crippen molar-refractivity contribution in [2.75, 3.05) is 31.5 Å². The maximum Gasteiger partial charge on any atom is 0.253 e.